The number of anilines is 1. The molecule has 0 radical (unpaired) electrons. The van der Waals surface area contributed by atoms with Crippen LogP contribution in [0.25, 0.3) is 6.08 Å². The Bertz CT molecular complexity index is 934. The van der Waals surface area contributed by atoms with Crippen molar-refractivity contribution in [2.24, 2.45) is 0 Å². The minimum Gasteiger partial charge on any atom is -0.479 e. The number of carbonyl (C=O) groups excluding carboxylic acids is 1. The summed E-state index contributed by atoms with van der Waals surface area (Å²) in [5.74, 6) is -1.19. The molecule has 0 aliphatic heterocycles. The zero-order chi connectivity index (χ0) is 20.7. The Kier molecular flexibility index (Phi) is 7.80. The van der Waals surface area contributed by atoms with Crippen LogP contribution in [-0.4, -0.2) is 28.2 Å². The summed E-state index contributed by atoms with van der Waals surface area (Å²) >= 11 is 17.0. The number of thiocarbonyl (C=S) groups is 1. The molecular weight excluding hydrogens is 423 g/mol. The number of nitrogens with one attached hydrogen (secondary N) is 2. The summed E-state index contributed by atoms with van der Waals surface area (Å²) in [6.45, 7) is 1.56. The maximum atomic E-state index is 12.3. The Morgan fingerprint density at radius 1 is 1.21 bits per heavy atom. The molecule has 1 atom stereocenters. The van der Waals surface area contributed by atoms with Gasteiger partial charge in [-0.15, -0.1) is 0 Å². The van der Waals surface area contributed by atoms with Crippen molar-refractivity contribution in [3.63, 3.8) is 0 Å². The molecule has 0 saturated carbocycles. The zero-order valence-corrected chi connectivity index (χ0v) is 16.9. The van der Waals surface area contributed by atoms with Crippen LogP contribution in [0.2, 0.25) is 10.0 Å². The van der Waals surface area contributed by atoms with Crippen molar-refractivity contribution in [1.29, 1.82) is 0 Å². The number of hydrogen-bond acceptors (Lipinski definition) is 4. The minimum atomic E-state index is -1.05. The molecule has 0 fully saturated rings. The van der Waals surface area contributed by atoms with Crippen molar-refractivity contribution in [2.75, 3.05) is 5.32 Å². The number of rotatable bonds is 6. The van der Waals surface area contributed by atoms with Crippen LogP contribution in [0.5, 0.6) is 5.75 Å². The van der Waals surface area contributed by atoms with Crippen molar-refractivity contribution in [3.8, 4) is 5.75 Å². The number of halogens is 2. The number of hydrogen-bond donors (Lipinski definition) is 3. The molecule has 1 amide bonds. The van der Waals surface area contributed by atoms with E-state index in [0.29, 0.717) is 27.0 Å². The van der Waals surface area contributed by atoms with Gasteiger partial charge in [0.1, 0.15) is 5.75 Å². The predicted molar refractivity (Wildman–Crippen MR) is 114 cm³/mol. The monoisotopic (exact) mass is 438 g/mol. The van der Waals surface area contributed by atoms with E-state index in [1.165, 1.54) is 12.1 Å². The first-order valence-electron chi connectivity index (χ1n) is 7.99. The first-order valence-corrected chi connectivity index (χ1v) is 9.15. The highest BCUT2D eigenvalue weighted by molar-refractivity contribution is 7.80. The van der Waals surface area contributed by atoms with Gasteiger partial charge in [0, 0.05) is 16.8 Å². The van der Waals surface area contributed by atoms with Crippen LogP contribution in [0.1, 0.15) is 12.5 Å². The molecule has 6 nitrogen and oxygen atoms in total. The highest BCUT2D eigenvalue weighted by Crippen LogP contribution is 2.28. The second-order valence-electron chi connectivity index (χ2n) is 5.58. The molecule has 2 aromatic rings. The topological polar surface area (TPSA) is 87.7 Å². The number of amides is 1. The van der Waals surface area contributed by atoms with E-state index in [4.69, 9.17) is 45.3 Å². The lowest BCUT2D eigenvalue weighted by atomic mass is 10.2. The third-order valence-corrected chi connectivity index (χ3v) is 4.10. The van der Waals surface area contributed by atoms with Crippen molar-refractivity contribution < 1.29 is 19.4 Å². The lowest BCUT2D eigenvalue weighted by Gasteiger charge is -2.16. The number of benzene rings is 2. The molecule has 9 heteroatoms. The van der Waals surface area contributed by atoms with Crippen molar-refractivity contribution in [1.82, 2.24) is 5.32 Å². The number of carbonyl (C=O) groups is 2. The van der Waals surface area contributed by atoms with Crippen molar-refractivity contribution in [2.45, 2.75) is 13.0 Å². The van der Waals surface area contributed by atoms with Crippen LogP contribution in [-0.2, 0) is 9.59 Å². The Balaban J connectivity index is 1.94. The van der Waals surface area contributed by atoms with Gasteiger partial charge in [-0.2, -0.15) is 0 Å². The fraction of sp³-hybridized carbons (Fsp3) is 0.105. The average molecular weight is 439 g/mol. The van der Waals surface area contributed by atoms with Crippen LogP contribution in [0.15, 0.2) is 48.5 Å². The van der Waals surface area contributed by atoms with Crippen LogP contribution in [0.3, 0.4) is 0 Å². The van der Waals surface area contributed by atoms with Gasteiger partial charge in [-0.25, -0.2) is 4.79 Å². The lowest BCUT2D eigenvalue weighted by Crippen LogP contribution is -2.42. The summed E-state index contributed by atoms with van der Waals surface area (Å²) in [6, 6.07) is 11.6. The molecule has 0 bridgehead atoms. The summed E-state index contributed by atoms with van der Waals surface area (Å²) in [7, 11) is 0. The van der Waals surface area contributed by atoms with E-state index in [2.05, 4.69) is 10.6 Å². The van der Waals surface area contributed by atoms with Gasteiger partial charge in [0.2, 0.25) is 0 Å². The van der Waals surface area contributed by atoms with Gasteiger partial charge in [-0.05, 0) is 61.1 Å². The van der Waals surface area contributed by atoms with E-state index in [1.54, 1.807) is 43.3 Å². The van der Waals surface area contributed by atoms with Gasteiger partial charge >= 0.3 is 5.97 Å². The van der Waals surface area contributed by atoms with E-state index in [9.17, 15) is 9.59 Å². The summed E-state index contributed by atoms with van der Waals surface area (Å²) in [5, 5.41) is 14.9. The third kappa shape index (κ3) is 6.84. The number of carboxylic acid groups (broad SMARTS) is 1. The number of carboxylic acids is 1. The summed E-state index contributed by atoms with van der Waals surface area (Å²) in [5.41, 5.74) is 1.25. The van der Waals surface area contributed by atoms with E-state index in [0.717, 1.165) is 6.08 Å². The molecule has 3 N–H and O–H groups in total. The minimum absolute atomic E-state index is 0.0713. The molecule has 0 unspecified atom stereocenters. The SMILES string of the molecule is C[C@@H](Oc1ccc(Cl)cc1Cl)C(=O)NC(=S)Nc1cccc(/C=C/C(=O)O)c1. The molecular formula is C19H16Cl2N2O4S. The molecule has 0 saturated heterocycles. The molecule has 0 spiro atoms. The first kappa shape index (κ1) is 21.7. The average Bonchev–Trinajstić information content (AvgIpc) is 2.62. The molecule has 2 rings (SSSR count). The van der Waals surface area contributed by atoms with Gasteiger partial charge in [0.25, 0.3) is 5.91 Å². The summed E-state index contributed by atoms with van der Waals surface area (Å²) in [4.78, 5) is 22.9. The second kappa shape index (κ2) is 10.1. The summed E-state index contributed by atoms with van der Waals surface area (Å²) in [6.07, 6.45) is 1.62. The standard InChI is InChI=1S/C19H16Cl2N2O4S/c1-11(27-16-7-6-13(20)10-15(16)21)18(26)23-19(28)22-14-4-2-3-12(9-14)5-8-17(24)25/h2-11H,1H3,(H,24,25)(H2,22,23,26,28)/b8-5+/t11-/m1/s1. The molecule has 2 aromatic carbocycles. The van der Waals surface area contributed by atoms with Crippen molar-refractivity contribution >= 4 is 64.2 Å². The van der Waals surface area contributed by atoms with Crippen LogP contribution >= 0.6 is 35.4 Å². The molecule has 0 heterocycles. The van der Waals surface area contributed by atoms with Gasteiger partial charge < -0.3 is 15.2 Å². The third-order valence-electron chi connectivity index (χ3n) is 3.37. The molecule has 0 aliphatic carbocycles. The van der Waals surface area contributed by atoms with E-state index in [-0.39, 0.29) is 5.11 Å². The molecule has 146 valence electrons. The smallest absolute Gasteiger partial charge is 0.328 e. The van der Waals surface area contributed by atoms with E-state index < -0.39 is 18.0 Å². The highest BCUT2D eigenvalue weighted by Gasteiger charge is 2.17. The highest BCUT2D eigenvalue weighted by atomic mass is 35.5. The van der Waals surface area contributed by atoms with Crippen LogP contribution in [0.4, 0.5) is 5.69 Å². The Labute approximate surface area is 177 Å². The van der Waals surface area contributed by atoms with Crippen LogP contribution < -0.4 is 15.4 Å². The second-order valence-corrected chi connectivity index (χ2v) is 6.83. The van der Waals surface area contributed by atoms with E-state index in [1.807, 2.05) is 0 Å². The fourth-order valence-electron chi connectivity index (χ4n) is 2.08. The van der Waals surface area contributed by atoms with Crippen LogP contribution in [0, 0.1) is 0 Å². The zero-order valence-electron chi connectivity index (χ0n) is 14.6. The largest absolute Gasteiger partial charge is 0.479 e. The Hall–Kier alpha value is -2.61. The number of ether oxygens (including phenoxy) is 1. The van der Waals surface area contributed by atoms with Gasteiger partial charge in [0.15, 0.2) is 11.2 Å². The molecule has 0 aliphatic rings. The fourth-order valence-corrected chi connectivity index (χ4v) is 2.75. The number of aliphatic carboxylic acids is 1. The first-order chi connectivity index (χ1) is 13.2. The maximum Gasteiger partial charge on any atom is 0.328 e. The maximum absolute atomic E-state index is 12.3. The van der Waals surface area contributed by atoms with Gasteiger partial charge in [0.05, 0.1) is 5.02 Å². The predicted octanol–water partition coefficient (Wildman–Crippen LogP) is 4.37. The quantitative estimate of drug-likeness (QED) is 0.458. The Morgan fingerprint density at radius 2 is 1.96 bits per heavy atom. The van der Waals surface area contributed by atoms with Gasteiger partial charge in [-0.3, -0.25) is 10.1 Å². The van der Waals surface area contributed by atoms with Gasteiger partial charge in [-0.1, -0.05) is 35.3 Å². The van der Waals surface area contributed by atoms with E-state index >= 15 is 0 Å². The molecule has 28 heavy (non-hydrogen) atoms. The van der Waals surface area contributed by atoms with Crippen molar-refractivity contribution in [3.05, 3.63) is 64.1 Å². The summed E-state index contributed by atoms with van der Waals surface area (Å²) < 4.78 is 5.53. The normalized spacial score (nSPS) is 11.7. The molecule has 0 aromatic heterocycles. The Morgan fingerprint density at radius 3 is 2.64 bits per heavy atom. The lowest BCUT2D eigenvalue weighted by molar-refractivity contribution is -0.131.